The Kier molecular flexibility index (Phi) is 4.78. The summed E-state index contributed by atoms with van der Waals surface area (Å²) in [5, 5.41) is 7.57. The second-order valence-electron chi connectivity index (χ2n) is 5.29. The molecule has 4 nitrogen and oxygen atoms in total. The van der Waals surface area contributed by atoms with Crippen LogP contribution < -0.4 is 10.6 Å². The summed E-state index contributed by atoms with van der Waals surface area (Å²) in [4.78, 5) is 27.2. The highest BCUT2D eigenvalue weighted by Gasteiger charge is 2.13. The molecule has 0 bridgehead atoms. The van der Waals surface area contributed by atoms with Crippen LogP contribution in [-0.2, 0) is 0 Å². The first-order valence-electron chi connectivity index (χ1n) is 7.36. The summed E-state index contributed by atoms with van der Waals surface area (Å²) in [5.41, 5.74) is 1.97. The van der Waals surface area contributed by atoms with Crippen molar-refractivity contribution in [1.82, 2.24) is 0 Å². The summed E-state index contributed by atoms with van der Waals surface area (Å²) >= 11 is 2.99. The fourth-order valence-electron chi connectivity index (χ4n) is 2.33. The number of hydrogen-bond donors (Lipinski definition) is 2. The van der Waals surface area contributed by atoms with Crippen LogP contribution in [0.4, 0.5) is 11.4 Å². The third-order valence-corrected chi connectivity index (χ3v) is 5.24. The number of aryl methyl sites for hydroxylation is 2. The summed E-state index contributed by atoms with van der Waals surface area (Å²) in [5.74, 6) is -0.295. The second-order valence-corrected chi connectivity index (χ2v) is 7.70. The van der Waals surface area contributed by atoms with Crippen LogP contribution in [0.3, 0.4) is 0 Å². The number of anilines is 2. The van der Waals surface area contributed by atoms with Crippen molar-refractivity contribution in [2.45, 2.75) is 13.8 Å². The number of hydrogen-bond acceptors (Lipinski definition) is 4. The standard InChI is InChI=1S/C18H16N2O2S2/c1-11-9-15(12(2)24-11)17(21)19-13-5-3-6-14(10-13)20-18(22)16-7-4-8-23-16/h3-10H,1-2H3,(H,19,21)(H,20,22). The minimum atomic E-state index is -0.155. The molecule has 0 spiro atoms. The zero-order valence-corrected chi connectivity index (χ0v) is 14.9. The van der Waals surface area contributed by atoms with Gasteiger partial charge in [-0.1, -0.05) is 12.1 Å². The van der Waals surface area contributed by atoms with E-state index in [1.165, 1.54) is 11.3 Å². The number of carbonyl (C=O) groups is 2. The molecule has 3 rings (SSSR count). The Morgan fingerprint density at radius 3 is 2.21 bits per heavy atom. The largest absolute Gasteiger partial charge is 0.322 e. The third-order valence-electron chi connectivity index (χ3n) is 3.41. The normalized spacial score (nSPS) is 10.4. The predicted molar refractivity (Wildman–Crippen MR) is 100 cm³/mol. The van der Waals surface area contributed by atoms with E-state index >= 15 is 0 Å². The van der Waals surface area contributed by atoms with E-state index in [0.717, 1.165) is 9.75 Å². The number of thiophene rings is 2. The Balaban J connectivity index is 1.72. The molecule has 0 saturated heterocycles. The molecule has 24 heavy (non-hydrogen) atoms. The van der Waals surface area contributed by atoms with Crippen LogP contribution >= 0.6 is 22.7 Å². The highest BCUT2D eigenvalue weighted by molar-refractivity contribution is 7.12. The van der Waals surface area contributed by atoms with Gasteiger partial charge in [0.25, 0.3) is 11.8 Å². The molecule has 0 aliphatic heterocycles. The average Bonchev–Trinajstić information content (AvgIpc) is 3.17. The molecule has 2 amide bonds. The molecule has 0 atom stereocenters. The van der Waals surface area contributed by atoms with E-state index in [4.69, 9.17) is 0 Å². The summed E-state index contributed by atoms with van der Waals surface area (Å²) in [6.45, 7) is 3.92. The van der Waals surface area contributed by atoms with Gasteiger partial charge in [0.15, 0.2) is 0 Å². The summed E-state index contributed by atoms with van der Waals surface area (Å²) in [6, 6.07) is 12.6. The maximum atomic E-state index is 12.4. The average molecular weight is 356 g/mol. The van der Waals surface area contributed by atoms with Gasteiger partial charge in [0.05, 0.1) is 10.4 Å². The van der Waals surface area contributed by atoms with Crippen molar-refractivity contribution in [1.29, 1.82) is 0 Å². The van der Waals surface area contributed by atoms with Gasteiger partial charge in [0.1, 0.15) is 0 Å². The molecule has 6 heteroatoms. The zero-order valence-electron chi connectivity index (χ0n) is 13.3. The third kappa shape index (κ3) is 3.72. The van der Waals surface area contributed by atoms with Crippen LogP contribution in [0.5, 0.6) is 0 Å². The SMILES string of the molecule is Cc1cc(C(=O)Nc2cccc(NC(=O)c3cccs3)c2)c(C)s1. The molecule has 2 N–H and O–H groups in total. The lowest BCUT2D eigenvalue weighted by atomic mass is 10.2. The number of amides is 2. The topological polar surface area (TPSA) is 58.2 Å². The van der Waals surface area contributed by atoms with Crippen LogP contribution in [0.1, 0.15) is 29.8 Å². The predicted octanol–water partition coefficient (Wildman–Crippen LogP) is 4.93. The maximum absolute atomic E-state index is 12.4. The van der Waals surface area contributed by atoms with E-state index in [-0.39, 0.29) is 11.8 Å². The molecule has 1 aromatic carbocycles. The zero-order chi connectivity index (χ0) is 17.1. The van der Waals surface area contributed by atoms with Crippen molar-refractivity contribution < 1.29 is 9.59 Å². The number of carbonyl (C=O) groups excluding carboxylic acids is 2. The van der Waals surface area contributed by atoms with Crippen LogP contribution in [0, 0.1) is 13.8 Å². The number of rotatable bonds is 4. The maximum Gasteiger partial charge on any atom is 0.265 e. The van der Waals surface area contributed by atoms with Gasteiger partial charge < -0.3 is 10.6 Å². The summed E-state index contributed by atoms with van der Waals surface area (Å²) in [6.07, 6.45) is 0. The number of benzene rings is 1. The Morgan fingerprint density at radius 2 is 1.62 bits per heavy atom. The van der Waals surface area contributed by atoms with Gasteiger partial charge in [-0.15, -0.1) is 22.7 Å². The van der Waals surface area contributed by atoms with E-state index in [0.29, 0.717) is 21.8 Å². The Bertz CT molecular complexity index is 882. The minimum absolute atomic E-state index is 0.140. The van der Waals surface area contributed by atoms with Gasteiger partial charge in [-0.05, 0) is 49.6 Å². The quantitative estimate of drug-likeness (QED) is 0.696. The van der Waals surface area contributed by atoms with Gasteiger partial charge in [-0.3, -0.25) is 9.59 Å². The summed E-state index contributed by atoms with van der Waals surface area (Å²) in [7, 11) is 0. The minimum Gasteiger partial charge on any atom is -0.322 e. The first-order chi connectivity index (χ1) is 11.5. The van der Waals surface area contributed by atoms with Crippen molar-refractivity contribution in [2.24, 2.45) is 0 Å². The monoisotopic (exact) mass is 356 g/mol. The van der Waals surface area contributed by atoms with Gasteiger partial charge in [-0.25, -0.2) is 0 Å². The molecule has 2 heterocycles. The van der Waals surface area contributed by atoms with Crippen LogP contribution in [-0.4, -0.2) is 11.8 Å². The van der Waals surface area contributed by atoms with Crippen molar-refractivity contribution in [3.05, 3.63) is 68.0 Å². The van der Waals surface area contributed by atoms with Crippen molar-refractivity contribution in [2.75, 3.05) is 10.6 Å². The molecular weight excluding hydrogens is 340 g/mol. The van der Waals surface area contributed by atoms with E-state index in [9.17, 15) is 9.59 Å². The highest BCUT2D eigenvalue weighted by atomic mass is 32.1. The fourth-order valence-corrected chi connectivity index (χ4v) is 3.87. The lowest BCUT2D eigenvalue weighted by Gasteiger charge is -2.08. The van der Waals surface area contributed by atoms with Crippen LogP contribution in [0.2, 0.25) is 0 Å². The molecule has 0 fully saturated rings. The Morgan fingerprint density at radius 1 is 0.917 bits per heavy atom. The van der Waals surface area contributed by atoms with Crippen molar-refractivity contribution >= 4 is 45.9 Å². The van der Waals surface area contributed by atoms with Crippen LogP contribution in [0.25, 0.3) is 0 Å². The van der Waals surface area contributed by atoms with Crippen LogP contribution in [0.15, 0.2) is 47.8 Å². The lowest BCUT2D eigenvalue weighted by Crippen LogP contribution is -2.13. The molecular formula is C18H16N2O2S2. The summed E-state index contributed by atoms with van der Waals surface area (Å²) < 4.78 is 0. The van der Waals surface area contributed by atoms with Gasteiger partial charge in [0.2, 0.25) is 0 Å². The molecule has 2 aromatic heterocycles. The van der Waals surface area contributed by atoms with Gasteiger partial charge in [0, 0.05) is 21.1 Å². The van der Waals surface area contributed by atoms with E-state index in [1.54, 1.807) is 41.7 Å². The van der Waals surface area contributed by atoms with Crippen molar-refractivity contribution in [3.63, 3.8) is 0 Å². The smallest absolute Gasteiger partial charge is 0.265 e. The molecule has 0 radical (unpaired) electrons. The molecule has 0 aliphatic rings. The molecule has 122 valence electrons. The number of nitrogens with one attached hydrogen (secondary N) is 2. The van der Waals surface area contributed by atoms with Gasteiger partial charge >= 0.3 is 0 Å². The van der Waals surface area contributed by atoms with E-state index < -0.39 is 0 Å². The first-order valence-corrected chi connectivity index (χ1v) is 9.06. The fraction of sp³-hybridized carbons (Fsp3) is 0.111. The Hall–Kier alpha value is -2.44. The molecule has 3 aromatic rings. The van der Waals surface area contributed by atoms with E-state index in [1.807, 2.05) is 31.4 Å². The van der Waals surface area contributed by atoms with Gasteiger partial charge in [-0.2, -0.15) is 0 Å². The van der Waals surface area contributed by atoms with Crippen molar-refractivity contribution in [3.8, 4) is 0 Å². The molecule has 0 unspecified atom stereocenters. The lowest BCUT2D eigenvalue weighted by molar-refractivity contribution is 0.102. The first kappa shape index (κ1) is 16.4. The Labute approximate surface area is 148 Å². The van der Waals surface area contributed by atoms with E-state index in [2.05, 4.69) is 10.6 Å². The highest BCUT2D eigenvalue weighted by Crippen LogP contribution is 2.23. The molecule has 0 saturated carbocycles. The molecule has 0 aliphatic carbocycles. The second kappa shape index (κ2) is 6.98.